The highest BCUT2D eigenvalue weighted by Crippen LogP contribution is 2.20. The molecule has 0 spiro atoms. The van der Waals surface area contributed by atoms with Gasteiger partial charge in [-0.3, -0.25) is 0 Å². The van der Waals surface area contributed by atoms with Gasteiger partial charge in [0.25, 0.3) is 0 Å². The normalized spacial score (nSPS) is 18.3. The predicted molar refractivity (Wildman–Crippen MR) is 86.2 cm³/mol. The van der Waals surface area contributed by atoms with Crippen LogP contribution < -0.4 is 5.32 Å². The van der Waals surface area contributed by atoms with Crippen molar-refractivity contribution < 1.29 is 14.6 Å². The fraction of sp³-hybridized carbons (Fsp3) is 0.588. The van der Waals surface area contributed by atoms with Crippen LogP contribution in [0.2, 0.25) is 0 Å². The highest BCUT2D eigenvalue weighted by Gasteiger charge is 2.27. The number of aromatic hydroxyl groups is 1. The van der Waals surface area contributed by atoms with E-state index >= 15 is 0 Å². The zero-order chi connectivity index (χ0) is 15.9. The molecule has 0 saturated carbocycles. The van der Waals surface area contributed by atoms with Crippen molar-refractivity contribution in [2.24, 2.45) is 0 Å². The van der Waals surface area contributed by atoms with Crippen LogP contribution in [0.1, 0.15) is 30.9 Å². The molecule has 22 heavy (non-hydrogen) atoms. The number of hydrogen-bond acceptors (Lipinski definition) is 4. The highest BCUT2D eigenvalue weighted by molar-refractivity contribution is 5.68. The summed E-state index contributed by atoms with van der Waals surface area (Å²) < 4.78 is 5.34. The summed E-state index contributed by atoms with van der Waals surface area (Å²) in [5, 5.41) is 13.1. The van der Waals surface area contributed by atoms with Crippen LogP contribution in [0.5, 0.6) is 5.75 Å². The highest BCUT2D eigenvalue weighted by atomic mass is 16.6. The molecule has 0 aliphatic carbocycles. The molecule has 1 aliphatic heterocycles. The topological polar surface area (TPSA) is 61.8 Å². The lowest BCUT2D eigenvalue weighted by Crippen LogP contribution is -2.54. The van der Waals surface area contributed by atoms with E-state index in [1.54, 1.807) is 6.07 Å². The number of hydrogen-bond donors (Lipinski definition) is 2. The Morgan fingerprint density at radius 3 is 3.05 bits per heavy atom. The lowest BCUT2D eigenvalue weighted by atomic mass is 10.0. The van der Waals surface area contributed by atoms with Crippen LogP contribution in [0.15, 0.2) is 18.2 Å². The Morgan fingerprint density at radius 1 is 1.50 bits per heavy atom. The molecule has 1 saturated heterocycles. The minimum absolute atomic E-state index is 0.0602. The fourth-order valence-corrected chi connectivity index (χ4v) is 2.62. The molecule has 5 heteroatoms. The second-order valence-electron chi connectivity index (χ2n) is 5.84. The van der Waals surface area contributed by atoms with Crippen LogP contribution >= 0.6 is 0 Å². The SMILES string of the molecule is CCCCOC(=O)N1CCNCC1Cc1ccc(C)c(O)c1. The molecule has 1 amide bonds. The number of amides is 1. The number of rotatable bonds is 5. The van der Waals surface area contributed by atoms with Crippen molar-refractivity contribution in [1.82, 2.24) is 10.2 Å². The van der Waals surface area contributed by atoms with E-state index in [1.807, 2.05) is 24.0 Å². The number of phenols is 1. The molecule has 2 rings (SSSR count). The number of ether oxygens (including phenoxy) is 1. The first-order chi connectivity index (χ1) is 10.6. The molecule has 1 unspecified atom stereocenters. The Morgan fingerprint density at radius 2 is 2.32 bits per heavy atom. The van der Waals surface area contributed by atoms with E-state index < -0.39 is 0 Å². The number of unbranched alkanes of at least 4 members (excludes halogenated alkanes) is 1. The standard InChI is InChI=1S/C17H26N2O3/c1-3-4-9-22-17(21)19-8-7-18-12-15(19)10-14-6-5-13(2)16(20)11-14/h5-6,11,15,18,20H,3-4,7-10,12H2,1-2H3. The summed E-state index contributed by atoms with van der Waals surface area (Å²) in [6.07, 6.45) is 2.40. The van der Waals surface area contributed by atoms with Gasteiger partial charge < -0.3 is 20.1 Å². The third kappa shape index (κ3) is 4.37. The van der Waals surface area contributed by atoms with Crippen LogP contribution in [-0.2, 0) is 11.2 Å². The van der Waals surface area contributed by atoms with Crippen molar-refractivity contribution in [3.05, 3.63) is 29.3 Å². The molecule has 0 bridgehead atoms. The molecule has 1 atom stereocenters. The number of aryl methyl sites for hydroxylation is 1. The van der Waals surface area contributed by atoms with Crippen molar-refractivity contribution in [1.29, 1.82) is 0 Å². The summed E-state index contributed by atoms with van der Waals surface area (Å²) in [5.74, 6) is 0.304. The average Bonchev–Trinajstić information content (AvgIpc) is 2.51. The Kier molecular flexibility index (Phi) is 6.07. The van der Waals surface area contributed by atoms with Gasteiger partial charge in [-0.25, -0.2) is 4.79 Å². The zero-order valence-corrected chi connectivity index (χ0v) is 13.5. The monoisotopic (exact) mass is 306 g/mol. The fourth-order valence-electron chi connectivity index (χ4n) is 2.62. The second kappa shape index (κ2) is 8.03. The molecular formula is C17H26N2O3. The molecule has 122 valence electrons. The van der Waals surface area contributed by atoms with Crippen LogP contribution in [0.3, 0.4) is 0 Å². The van der Waals surface area contributed by atoms with Crippen LogP contribution in [0.25, 0.3) is 0 Å². The molecular weight excluding hydrogens is 280 g/mol. The van der Waals surface area contributed by atoms with Gasteiger partial charge in [-0.05, 0) is 37.0 Å². The van der Waals surface area contributed by atoms with E-state index in [4.69, 9.17) is 4.74 Å². The Hall–Kier alpha value is -1.75. The minimum atomic E-state index is -0.226. The van der Waals surface area contributed by atoms with Gasteiger partial charge in [0.1, 0.15) is 5.75 Å². The van der Waals surface area contributed by atoms with Gasteiger partial charge in [-0.15, -0.1) is 0 Å². The molecule has 5 nitrogen and oxygen atoms in total. The van der Waals surface area contributed by atoms with Crippen molar-refractivity contribution in [2.75, 3.05) is 26.2 Å². The van der Waals surface area contributed by atoms with E-state index in [2.05, 4.69) is 12.2 Å². The summed E-state index contributed by atoms with van der Waals surface area (Å²) >= 11 is 0. The Bertz CT molecular complexity index is 505. The third-order valence-corrected chi connectivity index (χ3v) is 4.05. The lowest BCUT2D eigenvalue weighted by molar-refractivity contribution is 0.0765. The van der Waals surface area contributed by atoms with E-state index in [0.29, 0.717) is 25.3 Å². The number of phenolic OH excluding ortho intramolecular Hbond substituents is 1. The van der Waals surface area contributed by atoms with Crippen LogP contribution in [0, 0.1) is 6.92 Å². The van der Waals surface area contributed by atoms with Gasteiger partial charge in [-0.2, -0.15) is 0 Å². The zero-order valence-electron chi connectivity index (χ0n) is 13.5. The second-order valence-corrected chi connectivity index (χ2v) is 5.84. The minimum Gasteiger partial charge on any atom is -0.508 e. The van der Waals surface area contributed by atoms with Crippen molar-refractivity contribution >= 4 is 6.09 Å². The molecule has 1 fully saturated rings. The summed E-state index contributed by atoms with van der Waals surface area (Å²) in [5.41, 5.74) is 1.89. The smallest absolute Gasteiger partial charge is 0.410 e. The van der Waals surface area contributed by atoms with E-state index in [1.165, 1.54) is 0 Å². The number of carbonyl (C=O) groups excluding carboxylic acids is 1. The average molecular weight is 306 g/mol. The summed E-state index contributed by atoms with van der Waals surface area (Å²) in [7, 11) is 0. The third-order valence-electron chi connectivity index (χ3n) is 4.05. The van der Waals surface area contributed by atoms with Gasteiger partial charge >= 0.3 is 6.09 Å². The Labute approximate surface area is 132 Å². The number of nitrogens with one attached hydrogen (secondary N) is 1. The quantitative estimate of drug-likeness (QED) is 0.820. The molecule has 2 N–H and O–H groups in total. The maximum atomic E-state index is 12.2. The Balaban J connectivity index is 1.99. The number of carbonyl (C=O) groups is 1. The first-order valence-corrected chi connectivity index (χ1v) is 8.04. The van der Waals surface area contributed by atoms with Crippen molar-refractivity contribution in [3.63, 3.8) is 0 Å². The summed E-state index contributed by atoms with van der Waals surface area (Å²) in [6, 6.07) is 5.75. The predicted octanol–water partition coefficient (Wildman–Crippen LogP) is 2.45. The van der Waals surface area contributed by atoms with Gasteiger partial charge in [0, 0.05) is 19.6 Å². The molecule has 1 aromatic rings. The lowest BCUT2D eigenvalue weighted by Gasteiger charge is -2.35. The van der Waals surface area contributed by atoms with Gasteiger partial charge in [0.15, 0.2) is 0 Å². The summed E-state index contributed by atoms with van der Waals surface area (Å²) in [4.78, 5) is 14.0. The van der Waals surface area contributed by atoms with Gasteiger partial charge in [-0.1, -0.05) is 25.5 Å². The first-order valence-electron chi connectivity index (χ1n) is 8.04. The number of nitrogens with zero attached hydrogens (tertiary/aromatic N) is 1. The molecule has 1 aliphatic rings. The van der Waals surface area contributed by atoms with E-state index in [0.717, 1.165) is 37.1 Å². The number of piperazine rings is 1. The van der Waals surface area contributed by atoms with Crippen LogP contribution in [-0.4, -0.2) is 48.4 Å². The van der Waals surface area contributed by atoms with E-state index in [9.17, 15) is 9.90 Å². The number of benzene rings is 1. The maximum absolute atomic E-state index is 12.2. The van der Waals surface area contributed by atoms with Gasteiger partial charge in [0.2, 0.25) is 0 Å². The van der Waals surface area contributed by atoms with E-state index in [-0.39, 0.29) is 12.1 Å². The maximum Gasteiger partial charge on any atom is 0.410 e. The molecule has 1 aromatic carbocycles. The molecule has 1 heterocycles. The van der Waals surface area contributed by atoms with Crippen molar-refractivity contribution in [3.8, 4) is 5.75 Å². The van der Waals surface area contributed by atoms with Crippen LogP contribution in [0.4, 0.5) is 4.79 Å². The molecule has 0 aromatic heterocycles. The largest absolute Gasteiger partial charge is 0.508 e. The van der Waals surface area contributed by atoms with Crippen molar-refractivity contribution in [2.45, 2.75) is 39.2 Å². The molecule has 0 radical (unpaired) electrons. The van der Waals surface area contributed by atoms with Gasteiger partial charge in [0.05, 0.1) is 12.6 Å². The first kappa shape index (κ1) is 16.6. The summed E-state index contributed by atoms with van der Waals surface area (Å²) in [6.45, 7) is 6.63.